The summed E-state index contributed by atoms with van der Waals surface area (Å²) in [6.07, 6.45) is 2.93. The van der Waals surface area contributed by atoms with Crippen molar-refractivity contribution in [1.82, 2.24) is 24.7 Å². The van der Waals surface area contributed by atoms with Crippen molar-refractivity contribution in [3.05, 3.63) is 81.9 Å². The van der Waals surface area contributed by atoms with Crippen molar-refractivity contribution in [3.63, 3.8) is 0 Å². The Labute approximate surface area is 190 Å². The lowest BCUT2D eigenvalue weighted by molar-refractivity contribution is -0.122. The van der Waals surface area contributed by atoms with Crippen LogP contribution in [-0.4, -0.2) is 32.4 Å². The molecule has 4 aromatic rings. The van der Waals surface area contributed by atoms with Gasteiger partial charge in [-0.15, -0.1) is 0 Å². The zero-order chi connectivity index (χ0) is 22.9. The molecule has 1 atom stereocenters. The van der Waals surface area contributed by atoms with Crippen LogP contribution >= 0.6 is 0 Å². The molecule has 2 aromatic carbocycles. The Hall–Kier alpha value is -3.94. The van der Waals surface area contributed by atoms with Crippen molar-refractivity contribution >= 4 is 11.4 Å². The third-order valence-corrected chi connectivity index (χ3v) is 6.12. The molecule has 8 nitrogen and oxygen atoms in total. The van der Waals surface area contributed by atoms with Gasteiger partial charge in [0.25, 0.3) is 5.56 Å². The Balaban J connectivity index is 1.40. The molecule has 0 spiro atoms. The van der Waals surface area contributed by atoms with E-state index in [2.05, 4.69) is 27.6 Å². The second-order valence-corrected chi connectivity index (χ2v) is 8.28. The quantitative estimate of drug-likeness (QED) is 0.512. The lowest BCUT2D eigenvalue weighted by atomic mass is 9.88. The van der Waals surface area contributed by atoms with E-state index in [4.69, 9.17) is 4.74 Å². The number of aryl methyl sites for hydroxylation is 2. The van der Waals surface area contributed by atoms with Gasteiger partial charge in [0.15, 0.2) is 0 Å². The van der Waals surface area contributed by atoms with Gasteiger partial charge in [-0.2, -0.15) is 10.2 Å². The summed E-state index contributed by atoms with van der Waals surface area (Å²) in [6.45, 7) is 1.63. The summed E-state index contributed by atoms with van der Waals surface area (Å²) in [5.41, 5.74) is 3.96. The average Bonchev–Trinajstić information content (AvgIpc) is 3.29. The molecule has 0 aliphatic heterocycles. The Bertz CT molecular complexity index is 1390. The van der Waals surface area contributed by atoms with Gasteiger partial charge in [-0.3, -0.25) is 9.59 Å². The number of nitrogens with zero attached hydrogens (tertiary/aromatic N) is 4. The monoisotopic (exact) mass is 443 g/mol. The van der Waals surface area contributed by atoms with E-state index >= 15 is 0 Å². The van der Waals surface area contributed by atoms with E-state index < -0.39 is 0 Å². The van der Waals surface area contributed by atoms with E-state index in [9.17, 15) is 9.59 Å². The molecule has 1 aliphatic rings. The number of methoxy groups -OCH3 is 1. The van der Waals surface area contributed by atoms with Crippen LogP contribution in [0.5, 0.6) is 5.75 Å². The number of rotatable bonds is 5. The highest BCUT2D eigenvalue weighted by Gasteiger charge is 2.22. The molecule has 1 aliphatic carbocycles. The molecule has 0 bridgehead atoms. The van der Waals surface area contributed by atoms with E-state index in [0.717, 1.165) is 36.1 Å². The molecule has 0 radical (unpaired) electrons. The highest BCUT2D eigenvalue weighted by molar-refractivity contribution is 5.76. The van der Waals surface area contributed by atoms with Gasteiger partial charge in [0.2, 0.25) is 5.91 Å². The molecular formula is C25H25N5O3. The van der Waals surface area contributed by atoms with E-state index in [1.807, 2.05) is 36.4 Å². The first kappa shape index (κ1) is 20.9. The first-order valence-electron chi connectivity index (χ1n) is 11.0. The summed E-state index contributed by atoms with van der Waals surface area (Å²) in [7, 11) is 1.61. The molecule has 5 rings (SSSR count). The summed E-state index contributed by atoms with van der Waals surface area (Å²) >= 11 is 0. The summed E-state index contributed by atoms with van der Waals surface area (Å²) in [6, 6.07) is 17.3. The number of hydrogen-bond donors (Lipinski definition) is 1. The molecule has 2 heterocycles. The van der Waals surface area contributed by atoms with Gasteiger partial charge in [-0.05, 0) is 67.6 Å². The first-order valence-corrected chi connectivity index (χ1v) is 11.0. The van der Waals surface area contributed by atoms with Crippen molar-refractivity contribution < 1.29 is 9.53 Å². The zero-order valence-corrected chi connectivity index (χ0v) is 18.6. The normalized spacial score (nSPS) is 15.3. The average molecular weight is 444 g/mol. The SMILES string of the molecule is COc1ccc(-c2cc3c(=O)n(CC(=O)NC4CCCc5ccccc54)nc(C)n3n2)cc1. The summed E-state index contributed by atoms with van der Waals surface area (Å²) in [4.78, 5) is 25.9. The van der Waals surface area contributed by atoms with Gasteiger partial charge in [0.05, 0.1) is 18.8 Å². The minimum absolute atomic E-state index is 0.0420. The first-order chi connectivity index (χ1) is 16.0. The molecule has 2 aromatic heterocycles. The third kappa shape index (κ3) is 4.00. The lowest BCUT2D eigenvalue weighted by Crippen LogP contribution is -2.37. The van der Waals surface area contributed by atoms with Gasteiger partial charge < -0.3 is 10.1 Å². The molecule has 1 unspecified atom stereocenters. The maximum absolute atomic E-state index is 13.1. The largest absolute Gasteiger partial charge is 0.497 e. The second-order valence-electron chi connectivity index (χ2n) is 8.28. The number of amides is 1. The molecule has 1 amide bonds. The maximum atomic E-state index is 13.1. The van der Waals surface area contributed by atoms with Gasteiger partial charge in [0.1, 0.15) is 23.6 Å². The molecule has 168 valence electrons. The number of nitrogens with one attached hydrogen (secondary N) is 1. The summed E-state index contributed by atoms with van der Waals surface area (Å²) in [5, 5.41) is 12.0. The van der Waals surface area contributed by atoms with Gasteiger partial charge in [-0.25, -0.2) is 9.20 Å². The molecule has 0 saturated heterocycles. The van der Waals surface area contributed by atoms with Crippen molar-refractivity contribution in [3.8, 4) is 17.0 Å². The van der Waals surface area contributed by atoms with Crippen LogP contribution in [0.2, 0.25) is 0 Å². The Morgan fingerprint density at radius 2 is 1.94 bits per heavy atom. The van der Waals surface area contributed by atoms with Crippen LogP contribution < -0.4 is 15.6 Å². The van der Waals surface area contributed by atoms with E-state index in [-0.39, 0.29) is 24.1 Å². The smallest absolute Gasteiger partial charge is 0.293 e. The topological polar surface area (TPSA) is 90.5 Å². The van der Waals surface area contributed by atoms with Gasteiger partial charge in [0, 0.05) is 5.56 Å². The lowest BCUT2D eigenvalue weighted by Gasteiger charge is -2.26. The molecule has 0 fully saturated rings. The maximum Gasteiger partial charge on any atom is 0.293 e. The molecule has 1 N–H and O–H groups in total. The van der Waals surface area contributed by atoms with Crippen molar-refractivity contribution in [2.24, 2.45) is 0 Å². The van der Waals surface area contributed by atoms with Crippen molar-refractivity contribution in [2.45, 2.75) is 38.8 Å². The fraction of sp³-hybridized carbons (Fsp3) is 0.280. The summed E-state index contributed by atoms with van der Waals surface area (Å²) < 4.78 is 7.94. The fourth-order valence-electron chi connectivity index (χ4n) is 4.46. The Kier molecular flexibility index (Phi) is 5.42. The van der Waals surface area contributed by atoms with Gasteiger partial charge >= 0.3 is 0 Å². The predicted octanol–water partition coefficient (Wildman–Crippen LogP) is 3.07. The van der Waals surface area contributed by atoms with E-state index in [1.54, 1.807) is 20.1 Å². The van der Waals surface area contributed by atoms with Crippen LogP contribution in [0.3, 0.4) is 0 Å². The minimum atomic E-state index is -0.355. The highest BCUT2D eigenvalue weighted by Crippen LogP contribution is 2.29. The number of aromatic nitrogens is 4. The fourth-order valence-corrected chi connectivity index (χ4v) is 4.46. The minimum Gasteiger partial charge on any atom is -0.497 e. The van der Waals surface area contributed by atoms with Crippen LogP contribution in [0.1, 0.15) is 35.8 Å². The van der Waals surface area contributed by atoms with Crippen molar-refractivity contribution in [1.29, 1.82) is 0 Å². The molecular weight excluding hydrogens is 418 g/mol. The molecule has 8 heteroatoms. The number of fused-ring (bicyclic) bond motifs is 2. The molecule has 0 saturated carbocycles. The third-order valence-electron chi connectivity index (χ3n) is 6.12. The summed E-state index contributed by atoms with van der Waals surface area (Å²) in [5.74, 6) is 1.04. The number of carbonyl (C=O) groups excluding carboxylic acids is 1. The number of hydrogen-bond acceptors (Lipinski definition) is 5. The zero-order valence-electron chi connectivity index (χ0n) is 18.6. The van der Waals surface area contributed by atoms with Crippen LogP contribution in [0.15, 0.2) is 59.4 Å². The second kappa shape index (κ2) is 8.54. The van der Waals surface area contributed by atoms with E-state index in [1.165, 1.54) is 14.8 Å². The number of benzene rings is 2. The molecule has 33 heavy (non-hydrogen) atoms. The van der Waals surface area contributed by atoms with Crippen molar-refractivity contribution in [2.75, 3.05) is 7.11 Å². The van der Waals surface area contributed by atoms with Gasteiger partial charge in [-0.1, -0.05) is 24.3 Å². The van der Waals surface area contributed by atoms with E-state index in [0.29, 0.717) is 17.0 Å². The highest BCUT2D eigenvalue weighted by atomic mass is 16.5. The van der Waals surface area contributed by atoms with Crippen LogP contribution in [0.25, 0.3) is 16.8 Å². The Morgan fingerprint density at radius 1 is 1.15 bits per heavy atom. The predicted molar refractivity (Wildman–Crippen MR) is 124 cm³/mol. The van der Waals surface area contributed by atoms with Crippen LogP contribution in [0, 0.1) is 6.92 Å². The number of carbonyl (C=O) groups is 1. The van der Waals surface area contributed by atoms with Crippen LogP contribution in [-0.2, 0) is 17.8 Å². The Morgan fingerprint density at radius 3 is 2.73 bits per heavy atom. The van der Waals surface area contributed by atoms with Crippen LogP contribution in [0.4, 0.5) is 0 Å². The number of ether oxygens (including phenoxy) is 1. The standard InChI is InChI=1S/C25H25N5O3/c1-16-27-29(15-24(31)26-21-9-5-7-17-6-3-4-8-20(17)21)25(32)23-14-22(28-30(16)23)18-10-12-19(33-2)13-11-18/h3-4,6,8,10-14,21H,5,7,9,15H2,1-2H3,(H,26,31).